The lowest BCUT2D eigenvalue weighted by molar-refractivity contribution is -0.286. The van der Waals surface area contributed by atoms with Crippen LogP contribution in [-0.4, -0.2) is 53.5 Å². The molecule has 1 aliphatic heterocycles. The molecule has 8 rings (SSSR count). The molecule has 7 nitrogen and oxygen atoms in total. The molecule has 3 saturated carbocycles. The van der Waals surface area contributed by atoms with Gasteiger partial charge in [0.05, 0.1) is 42.7 Å². The van der Waals surface area contributed by atoms with Crippen molar-refractivity contribution in [3.63, 3.8) is 0 Å². The Labute approximate surface area is 407 Å². The van der Waals surface area contributed by atoms with Crippen LogP contribution in [0.2, 0.25) is 0 Å². The lowest BCUT2D eigenvalue weighted by Crippen LogP contribution is -2.60. The van der Waals surface area contributed by atoms with Gasteiger partial charge in [0, 0.05) is 0 Å². The van der Waals surface area contributed by atoms with Gasteiger partial charge in [-0.2, -0.15) is 0 Å². The van der Waals surface area contributed by atoms with Gasteiger partial charge in [0.25, 0.3) is 0 Å². The van der Waals surface area contributed by atoms with Crippen LogP contribution >= 0.6 is 11.8 Å². The molecule has 0 bridgehead atoms. The van der Waals surface area contributed by atoms with Crippen molar-refractivity contribution in [1.82, 2.24) is 0 Å². The van der Waals surface area contributed by atoms with E-state index in [2.05, 4.69) is 77.1 Å². The summed E-state index contributed by atoms with van der Waals surface area (Å²) >= 11 is 1.29. The number of fused-ring (bicyclic) bond motifs is 5. The summed E-state index contributed by atoms with van der Waals surface area (Å²) < 4.78 is 34.8. The van der Waals surface area contributed by atoms with Crippen molar-refractivity contribution in [2.24, 2.45) is 46.3 Å². The van der Waals surface area contributed by atoms with Gasteiger partial charge in [-0.15, -0.1) is 11.8 Å². The second-order valence-electron chi connectivity index (χ2n) is 21.9. The number of ether oxygens (including phenoxy) is 5. The summed E-state index contributed by atoms with van der Waals surface area (Å²) in [4.78, 5) is 13.5. The average Bonchev–Trinajstić information content (AvgIpc) is 3.68. The number of carbonyl (C=O) groups is 1. The smallest absolute Gasteiger partial charge is 0.173 e. The van der Waals surface area contributed by atoms with Gasteiger partial charge in [0.1, 0.15) is 24.1 Å². The van der Waals surface area contributed by atoms with Crippen molar-refractivity contribution in [2.75, 3.05) is 6.61 Å². The van der Waals surface area contributed by atoms with E-state index in [1.807, 2.05) is 54.6 Å². The van der Waals surface area contributed by atoms with Crippen molar-refractivity contribution in [3.05, 3.63) is 130 Å². The number of rotatable bonds is 20. The van der Waals surface area contributed by atoms with Gasteiger partial charge in [0.2, 0.25) is 0 Å². The Morgan fingerprint density at radius 1 is 0.776 bits per heavy atom. The fourth-order valence-corrected chi connectivity index (χ4v) is 14.8. The van der Waals surface area contributed by atoms with Crippen LogP contribution in [0, 0.1) is 46.3 Å². The summed E-state index contributed by atoms with van der Waals surface area (Å²) in [6.45, 7) is 17.0. The van der Waals surface area contributed by atoms with Crippen LogP contribution in [0.15, 0.2) is 113 Å². The minimum absolute atomic E-state index is 0.0266. The molecule has 3 aromatic carbocycles. The van der Waals surface area contributed by atoms with Crippen molar-refractivity contribution in [2.45, 2.75) is 175 Å². The Morgan fingerprint density at radius 3 is 2.01 bits per heavy atom. The third-order valence-corrected chi connectivity index (χ3v) is 18.6. The number of thioether (sulfide) groups is 1. The number of benzene rings is 3. The maximum absolute atomic E-state index is 13.3. The summed E-state index contributed by atoms with van der Waals surface area (Å²) in [5.41, 5.74) is 5.30. The topological polar surface area (TPSA) is 83.5 Å². The third-order valence-electron chi connectivity index (χ3n) is 17.0. The summed E-state index contributed by atoms with van der Waals surface area (Å²) in [5, 5.41) is 10.4. The van der Waals surface area contributed by atoms with Crippen LogP contribution in [0.5, 0.6) is 0 Å². The van der Waals surface area contributed by atoms with Gasteiger partial charge in [-0.05, 0) is 128 Å². The number of hydrogen-bond acceptors (Lipinski definition) is 8. The van der Waals surface area contributed by atoms with E-state index in [0.717, 1.165) is 65.5 Å². The van der Waals surface area contributed by atoms with Gasteiger partial charge in [-0.25, -0.2) is 0 Å². The van der Waals surface area contributed by atoms with Crippen molar-refractivity contribution >= 4 is 17.5 Å². The van der Waals surface area contributed by atoms with E-state index >= 15 is 0 Å². The minimum atomic E-state index is -0.777. The molecule has 8 heteroatoms. The fourth-order valence-electron chi connectivity index (χ4n) is 13.6. The Bertz CT molecular complexity index is 2100. The zero-order valence-corrected chi connectivity index (χ0v) is 42.4. The maximum atomic E-state index is 13.3. The number of Topliss-reactive ketones (excluding diaryl/α,β-unsaturated/α-hetero) is 1. The van der Waals surface area contributed by atoms with Crippen LogP contribution in [0.4, 0.5) is 0 Å². The summed E-state index contributed by atoms with van der Waals surface area (Å²) in [6, 6.07) is 30.5. The Balaban J connectivity index is 1.06. The fraction of sp³-hybridized carbons (Fsp3) is 0.610. The van der Waals surface area contributed by atoms with E-state index in [9.17, 15) is 9.90 Å². The standard InChI is InChI=1S/C59H80O7S/c1-39(2)18-17-19-40(3)49-28-29-50-48-27-26-46-34-47(30-32-58(46,6)51(48)31-33-59(49,50)7)65-57-56(67-55(41(4)60)42(5)61)54(64-37-45-24-15-10-16-25-45)53(63-36-44-22-13-9-14-23-44)52(66-57)38-62-35-43-20-11-8-12-21-43/h8-16,20-26,39-40,47-54,56-57,60H,17-19,27-38H2,1-7H3/b55-41+/t40-,47+,48+,49-,50+,51+,52-,53-,54+,56-,57-,58+,59-/m1/s1. The van der Waals surface area contributed by atoms with Crippen LogP contribution in [0.1, 0.15) is 136 Å². The van der Waals surface area contributed by atoms with Crippen molar-refractivity contribution in [1.29, 1.82) is 0 Å². The monoisotopic (exact) mass is 933 g/mol. The van der Waals surface area contributed by atoms with E-state index in [1.165, 1.54) is 70.1 Å². The molecule has 4 fully saturated rings. The first-order valence-corrected chi connectivity index (χ1v) is 26.7. The molecule has 5 aliphatic rings. The van der Waals surface area contributed by atoms with E-state index in [0.29, 0.717) is 31.2 Å². The molecular formula is C59H80O7S. The van der Waals surface area contributed by atoms with E-state index < -0.39 is 29.9 Å². The molecule has 364 valence electrons. The number of aliphatic hydroxyl groups is 1. The number of hydrogen-bond donors (Lipinski definition) is 1. The number of allylic oxidation sites excluding steroid dienone is 3. The summed E-state index contributed by atoms with van der Waals surface area (Å²) in [6.07, 6.45) is 13.7. The van der Waals surface area contributed by atoms with Crippen LogP contribution < -0.4 is 0 Å². The summed E-state index contributed by atoms with van der Waals surface area (Å²) in [5.74, 6) is 4.47. The Morgan fingerprint density at radius 2 is 1.40 bits per heavy atom. The molecule has 4 aliphatic carbocycles. The zero-order valence-electron chi connectivity index (χ0n) is 41.6. The molecule has 0 spiro atoms. The first-order chi connectivity index (χ1) is 32.3. The van der Waals surface area contributed by atoms with Gasteiger partial charge < -0.3 is 28.8 Å². The van der Waals surface area contributed by atoms with E-state index in [4.69, 9.17) is 23.7 Å². The second kappa shape index (κ2) is 22.7. The first kappa shape index (κ1) is 50.2. The SMILES string of the molecule is CC(=O)/C(S[C@H]1[C@H](O[C@H]2CC[C@@]3(C)C(=CC[C@H]4[C@@H]5CC[C@H]([C@H](C)CCCC(C)C)[C@@]5(C)CC[C@@H]43)C2)O[C@H](COCc2ccccc2)[C@@H](OCc2ccccc2)[C@@H]1OCc1ccccc1)=C(/C)O. The largest absolute Gasteiger partial charge is 0.511 e. The highest BCUT2D eigenvalue weighted by atomic mass is 32.2. The Hall–Kier alpha value is -3.24. The normalized spacial score (nSPS) is 33.5. The lowest BCUT2D eigenvalue weighted by atomic mass is 9.47. The predicted molar refractivity (Wildman–Crippen MR) is 270 cm³/mol. The highest BCUT2D eigenvalue weighted by Crippen LogP contribution is 2.67. The molecule has 0 unspecified atom stereocenters. The zero-order chi connectivity index (χ0) is 47.1. The van der Waals surface area contributed by atoms with Crippen LogP contribution in [0.3, 0.4) is 0 Å². The molecular weight excluding hydrogens is 853 g/mol. The van der Waals surface area contributed by atoms with Gasteiger partial charge in [-0.3, -0.25) is 4.79 Å². The van der Waals surface area contributed by atoms with Crippen LogP contribution in [-0.2, 0) is 48.3 Å². The quantitative estimate of drug-likeness (QED) is 0.0681. The molecule has 13 atom stereocenters. The van der Waals surface area contributed by atoms with Crippen molar-refractivity contribution < 1.29 is 33.6 Å². The molecule has 3 aromatic rings. The molecule has 0 aromatic heterocycles. The van der Waals surface area contributed by atoms with Crippen LogP contribution in [0.25, 0.3) is 0 Å². The molecule has 1 saturated heterocycles. The van der Waals surface area contributed by atoms with Gasteiger partial charge in [-0.1, -0.05) is 157 Å². The van der Waals surface area contributed by atoms with Gasteiger partial charge >= 0.3 is 0 Å². The van der Waals surface area contributed by atoms with Crippen molar-refractivity contribution in [3.8, 4) is 0 Å². The molecule has 1 N–H and O–H groups in total. The first-order valence-electron chi connectivity index (χ1n) is 25.8. The highest BCUT2D eigenvalue weighted by Gasteiger charge is 2.59. The number of ketones is 1. The number of aliphatic hydroxyl groups excluding tert-OH is 1. The number of carbonyl (C=O) groups excluding carboxylic acids is 1. The lowest BCUT2D eigenvalue weighted by Gasteiger charge is -2.58. The average molecular weight is 933 g/mol. The molecule has 1 heterocycles. The van der Waals surface area contributed by atoms with E-state index in [1.54, 1.807) is 12.5 Å². The molecule has 67 heavy (non-hydrogen) atoms. The highest BCUT2D eigenvalue weighted by molar-refractivity contribution is 8.04. The molecule has 0 radical (unpaired) electrons. The second-order valence-corrected chi connectivity index (χ2v) is 23.1. The third kappa shape index (κ3) is 11.7. The predicted octanol–water partition coefficient (Wildman–Crippen LogP) is 14.0. The minimum Gasteiger partial charge on any atom is -0.511 e. The van der Waals surface area contributed by atoms with Gasteiger partial charge in [0.15, 0.2) is 12.1 Å². The van der Waals surface area contributed by atoms with E-state index in [-0.39, 0.29) is 34.6 Å². The Kier molecular flexibility index (Phi) is 17.0. The summed E-state index contributed by atoms with van der Waals surface area (Å²) in [7, 11) is 0. The molecule has 0 amide bonds. The maximum Gasteiger partial charge on any atom is 0.173 e.